The molecule has 82 valence electrons. The van der Waals surface area contributed by atoms with Crippen molar-refractivity contribution in [2.75, 3.05) is 0 Å². The highest BCUT2D eigenvalue weighted by Crippen LogP contribution is 2.42. The molecule has 0 amide bonds. The maximum absolute atomic E-state index is 11.4. The van der Waals surface area contributed by atoms with E-state index in [0.717, 1.165) is 25.7 Å². The van der Waals surface area contributed by atoms with Crippen LogP contribution in [0.3, 0.4) is 0 Å². The molecule has 0 radical (unpaired) electrons. The van der Waals surface area contributed by atoms with Gasteiger partial charge in [0.15, 0.2) is 0 Å². The monoisotopic (exact) mass is 214 g/mol. The van der Waals surface area contributed by atoms with Crippen molar-refractivity contribution in [2.24, 2.45) is 0 Å². The second kappa shape index (κ2) is 3.48. The maximum Gasteiger partial charge on any atom is 0.331 e. The third kappa shape index (κ3) is 1.37. The molecule has 2 aliphatic rings. The Morgan fingerprint density at radius 1 is 1.25 bits per heavy atom. The first-order valence-corrected chi connectivity index (χ1v) is 5.78. The number of aryl methyl sites for hydroxylation is 1. The van der Waals surface area contributed by atoms with Crippen molar-refractivity contribution in [3.63, 3.8) is 0 Å². The van der Waals surface area contributed by atoms with Gasteiger partial charge >= 0.3 is 5.97 Å². The first kappa shape index (κ1) is 9.64. The van der Waals surface area contributed by atoms with E-state index in [4.69, 9.17) is 4.74 Å². The Morgan fingerprint density at radius 2 is 2.12 bits per heavy atom. The number of hydrogen-bond acceptors (Lipinski definition) is 2. The lowest BCUT2D eigenvalue weighted by Gasteiger charge is -2.39. The highest BCUT2D eigenvalue weighted by Gasteiger charge is 2.40. The second-order valence-electron chi connectivity index (χ2n) is 4.53. The average molecular weight is 214 g/mol. The summed E-state index contributed by atoms with van der Waals surface area (Å²) in [5.41, 5.74) is 2.16. The zero-order chi connectivity index (χ0) is 11.0. The number of fused-ring (bicyclic) bond motifs is 2. The number of esters is 1. The summed E-state index contributed by atoms with van der Waals surface area (Å²) < 4.78 is 5.62. The molecule has 3 rings (SSSR count). The van der Waals surface area contributed by atoms with E-state index in [0.29, 0.717) is 0 Å². The van der Waals surface area contributed by atoms with E-state index in [9.17, 15) is 4.79 Å². The Hall–Kier alpha value is -1.57. The lowest BCUT2D eigenvalue weighted by atomic mass is 9.76. The van der Waals surface area contributed by atoms with E-state index in [2.05, 4.69) is 18.2 Å². The third-order valence-electron chi connectivity index (χ3n) is 3.53. The van der Waals surface area contributed by atoms with Gasteiger partial charge in [-0.05, 0) is 30.4 Å². The minimum Gasteiger partial charge on any atom is -0.451 e. The quantitative estimate of drug-likeness (QED) is 0.621. The van der Waals surface area contributed by atoms with E-state index >= 15 is 0 Å². The van der Waals surface area contributed by atoms with Gasteiger partial charge in [0.2, 0.25) is 0 Å². The van der Waals surface area contributed by atoms with Gasteiger partial charge in [0.25, 0.3) is 0 Å². The van der Waals surface area contributed by atoms with Gasteiger partial charge in [-0.3, -0.25) is 0 Å². The summed E-state index contributed by atoms with van der Waals surface area (Å²) in [5, 5.41) is 0. The van der Waals surface area contributed by atoms with Gasteiger partial charge in [0.05, 0.1) is 0 Å². The summed E-state index contributed by atoms with van der Waals surface area (Å²) in [5.74, 6) is -0.206. The zero-order valence-corrected chi connectivity index (χ0v) is 9.11. The molecular weight excluding hydrogens is 200 g/mol. The molecule has 1 unspecified atom stereocenters. The van der Waals surface area contributed by atoms with Crippen molar-refractivity contribution < 1.29 is 9.53 Å². The largest absolute Gasteiger partial charge is 0.451 e. The number of benzene rings is 1. The minimum absolute atomic E-state index is 0.206. The lowest BCUT2D eigenvalue weighted by Crippen LogP contribution is -2.37. The van der Waals surface area contributed by atoms with Crippen molar-refractivity contribution in [3.05, 3.63) is 47.5 Å². The molecule has 1 heterocycles. The van der Waals surface area contributed by atoms with Crippen LogP contribution in [0.5, 0.6) is 0 Å². The third-order valence-corrected chi connectivity index (χ3v) is 3.53. The van der Waals surface area contributed by atoms with Gasteiger partial charge in [-0.2, -0.15) is 0 Å². The van der Waals surface area contributed by atoms with E-state index in [-0.39, 0.29) is 11.6 Å². The van der Waals surface area contributed by atoms with E-state index in [1.54, 1.807) is 0 Å². The molecule has 0 N–H and O–H groups in total. The fraction of sp³-hybridized carbons (Fsp3) is 0.357. The molecule has 1 aromatic carbocycles. The molecule has 2 nitrogen and oxygen atoms in total. The van der Waals surface area contributed by atoms with Gasteiger partial charge in [0.1, 0.15) is 5.60 Å². The van der Waals surface area contributed by atoms with Crippen molar-refractivity contribution in [2.45, 2.75) is 31.3 Å². The standard InChI is InChI=1S/C14H14O2/c15-13-8-4-10-14(16-13)9-3-6-11-5-1-2-7-12(11)14/h1-2,4-5,7-8H,3,6,9-10H2. The fourth-order valence-electron chi connectivity index (χ4n) is 2.81. The maximum atomic E-state index is 11.4. The molecule has 1 spiro atoms. The molecule has 1 aliphatic heterocycles. The number of carbonyl (C=O) groups is 1. The molecule has 2 heteroatoms. The van der Waals surface area contributed by atoms with Crippen molar-refractivity contribution >= 4 is 5.97 Å². The highest BCUT2D eigenvalue weighted by molar-refractivity contribution is 5.83. The van der Waals surface area contributed by atoms with Crippen LogP contribution in [0.4, 0.5) is 0 Å². The summed E-state index contributed by atoms with van der Waals surface area (Å²) in [7, 11) is 0. The zero-order valence-electron chi connectivity index (χ0n) is 9.11. The first-order chi connectivity index (χ1) is 7.80. The van der Waals surface area contributed by atoms with Crippen LogP contribution in [0.25, 0.3) is 0 Å². The van der Waals surface area contributed by atoms with Gasteiger partial charge < -0.3 is 4.74 Å². The smallest absolute Gasteiger partial charge is 0.331 e. The molecular formula is C14H14O2. The topological polar surface area (TPSA) is 26.3 Å². The Morgan fingerprint density at radius 3 is 3.00 bits per heavy atom. The summed E-state index contributed by atoms with van der Waals surface area (Å²) in [6, 6.07) is 8.32. The summed E-state index contributed by atoms with van der Waals surface area (Å²) in [6.07, 6.45) is 7.42. The van der Waals surface area contributed by atoms with Crippen molar-refractivity contribution in [1.29, 1.82) is 0 Å². The Kier molecular flexibility index (Phi) is 2.10. The Labute approximate surface area is 94.9 Å². The fourth-order valence-corrected chi connectivity index (χ4v) is 2.81. The molecule has 16 heavy (non-hydrogen) atoms. The highest BCUT2D eigenvalue weighted by atomic mass is 16.6. The van der Waals surface area contributed by atoms with Crippen LogP contribution in [0.1, 0.15) is 30.4 Å². The number of ether oxygens (including phenoxy) is 1. The van der Waals surface area contributed by atoms with Gasteiger partial charge in [-0.15, -0.1) is 0 Å². The molecule has 0 aromatic heterocycles. The second-order valence-corrected chi connectivity index (χ2v) is 4.53. The molecule has 0 saturated carbocycles. The van der Waals surface area contributed by atoms with Crippen LogP contribution in [-0.4, -0.2) is 5.97 Å². The first-order valence-electron chi connectivity index (χ1n) is 5.78. The van der Waals surface area contributed by atoms with E-state index < -0.39 is 0 Å². The predicted octanol–water partition coefficient (Wildman–Crippen LogP) is 2.72. The SMILES string of the molecule is O=C1C=CCC2(CCCc3ccccc32)O1. The van der Waals surface area contributed by atoms with Crippen LogP contribution in [0.2, 0.25) is 0 Å². The summed E-state index contributed by atoms with van der Waals surface area (Å²) >= 11 is 0. The van der Waals surface area contributed by atoms with Gasteiger partial charge in [0, 0.05) is 12.5 Å². The Balaban J connectivity index is 2.10. The molecule has 1 atom stereocenters. The predicted molar refractivity (Wildman–Crippen MR) is 60.9 cm³/mol. The lowest BCUT2D eigenvalue weighted by molar-refractivity contribution is -0.158. The Bertz CT molecular complexity index is 462. The number of rotatable bonds is 0. The van der Waals surface area contributed by atoms with Crippen molar-refractivity contribution in [3.8, 4) is 0 Å². The summed E-state index contributed by atoms with van der Waals surface area (Å²) in [4.78, 5) is 11.4. The molecule has 0 fully saturated rings. The van der Waals surface area contributed by atoms with Gasteiger partial charge in [-0.25, -0.2) is 4.79 Å². The molecule has 1 aliphatic carbocycles. The van der Waals surface area contributed by atoms with Crippen molar-refractivity contribution in [1.82, 2.24) is 0 Å². The molecule has 1 aromatic rings. The molecule has 0 bridgehead atoms. The normalized spacial score (nSPS) is 27.6. The average Bonchev–Trinajstić information content (AvgIpc) is 2.30. The van der Waals surface area contributed by atoms with Crippen LogP contribution in [0, 0.1) is 0 Å². The van der Waals surface area contributed by atoms with E-state index in [1.165, 1.54) is 17.2 Å². The minimum atomic E-state index is -0.374. The number of hydrogen-bond donors (Lipinski definition) is 0. The molecule has 0 saturated heterocycles. The summed E-state index contributed by atoms with van der Waals surface area (Å²) in [6.45, 7) is 0. The number of carbonyl (C=O) groups excluding carboxylic acids is 1. The van der Waals surface area contributed by atoms with Crippen LogP contribution in [-0.2, 0) is 21.6 Å². The van der Waals surface area contributed by atoms with Crippen LogP contribution in [0.15, 0.2) is 36.4 Å². The van der Waals surface area contributed by atoms with Gasteiger partial charge in [-0.1, -0.05) is 30.3 Å². The van der Waals surface area contributed by atoms with Crippen LogP contribution < -0.4 is 0 Å². The van der Waals surface area contributed by atoms with E-state index in [1.807, 2.05) is 12.1 Å². The van der Waals surface area contributed by atoms with Crippen LogP contribution >= 0.6 is 0 Å².